The minimum atomic E-state index is -0.522. The van der Waals surface area contributed by atoms with Crippen molar-refractivity contribution in [2.45, 2.75) is 45.1 Å². The number of methoxy groups -OCH3 is 1. The third-order valence-corrected chi connectivity index (χ3v) is 4.12. The van der Waals surface area contributed by atoms with Gasteiger partial charge in [-0.3, -0.25) is 4.79 Å². The average Bonchev–Trinajstić information content (AvgIpc) is 3.13. The van der Waals surface area contributed by atoms with Gasteiger partial charge in [0.25, 0.3) is 0 Å². The van der Waals surface area contributed by atoms with Crippen molar-refractivity contribution < 1.29 is 9.53 Å². The van der Waals surface area contributed by atoms with Crippen LogP contribution in [0, 0.1) is 6.92 Å². The Labute approximate surface area is 118 Å². The summed E-state index contributed by atoms with van der Waals surface area (Å²) < 4.78 is 7.17. The van der Waals surface area contributed by atoms with Crippen LogP contribution in [0.5, 0.6) is 0 Å². The van der Waals surface area contributed by atoms with Crippen LogP contribution in [0.1, 0.15) is 44.1 Å². The fraction of sp³-hybridized carbons (Fsp3) is 0.500. The number of esters is 1. The molecule has 20 heavy (non-hydrogen) atoms. The molecule has 0 radical (unpaired) electrons. The lowest BCUT2D eigenvalue weighted by molar-refractivity contribution is -0.144. The second-order valence-electron chi connectivity index (χ2n) is 5.97. The van der Waals surface area contributed by atoms with Crippen molar-refractivity contribution in [3.8, 4) is 0 Å². The number of fused-ring (bicyclic) bond motifs is 1. The maximum absolute atomic E-state index is 12.1. The highest BCUT2D eigenvalue weighted by Gasteiger charge is 2.56. The van der Waals surface area contributed by atoms with Gasteiger partial charge in [-0.2, -0.15) is 0 Å². The number of hydrogen-bond acceptors (Lipinski definition) is 3. The fourth-order valence-electron chi connectivity index (χ4n) is 2.91. The van der Waals surface area contributed by atoms with Crippen LogP contribution in [0.3, 0.4) is 0 Å². The van der Waals surface area contributed by atoms with Gasteiger partial charge in [0.15, 0.2) is 0 Å². The predicted molar refractivity (Wildman–Crippen MR) is 77.8 cm³/mol. The minimum absolute atomic E-state index is 0.161. The van der Waals surface area contributed by atoms with Gasteiger partial charge in [-0.25, -0.2) is 4.98 Å². The monoisotopic (exact) mass is 272 g/mol. The molecule has 0 unspecified atom stereocenters. The number of hydrogen-bond donors (Lipinski definition) is 0. The van der Waals surface area contributed by atoms with E-state index in [1.54, 1.807) is 0 Å². The van der Waals surface area contributed by atoms with E-state index in [1.807, 2.05) is 0 Å². The standard InChI is InChI=1S/C16H20N2O2/c1-10(2)18-13-6-5-11(3)9-12(13)17-14(18)16(7-8-16)15(19)20-4/h5-6,9-10H,7-8H2,1-4H3. The van der Waals surface area contributed by atoms with Gasteiger partial charge in [-0.15, -0.1) is 0 Å². The van der Waals surface area contributed by atoms with Crippen molar-refractivity contribution in [2.24, 2.45) is 0 Å². The van der Waals surface area contributed by atoms with Crippen LogP contribution >= 0.6 is 0 Å². The summed E-state index contributed by atoms with van der Waals surface area (Å²) in [5.74, 6) is 0.700. The summed E-state index contributed by atoms with van der Waals surface area (Å²) in [6, 6.07) is 6.52. The van der Waals surface area contributed by atoms with E-state index in [9.17, 15) is 4.79 Å². The Balaban J connectivity index is 2.25. The average molecular weight is 272 g/mol. The second-order valence-corrected chi connectivity index (χ2v) is 5.97. The van der Waals surface area contributed by atoms with Crippen LogP contribution in [-0.4, -0.2) is 22.6 Å². The minimum Gasteiger partial charge on any atom is -0.468 e. The summed E-state index contributed by atoms with van der Waals surface area (Å²) in [6.07, 6.45) is 1.66. The Hall–Kier alpha value is -1.84. The molecule has 1 aliphatic carbocycles. The van der Waals surface area contributed by atoms with Crippen LogP contribution in [0.25, 0.3) is 11.0 Å². The molecule has 4 heteroatoms. The Morgan fingerprint density at radius 1 is 1.40 bits per heavy atom. The van der Waals surface area contributed by atoms with Crippen LogP contribution in [0.4, 0.5) is 0 Å². The predicted octanol–water partition coefficient (Wildman–Crippen LogP) is 3.13. The second kappa shape index (κ2) is 4.33. The lowest BCUT2D eigenvalue weighted by Gasteiger charge is -2.18. The third-order valence-electron chi connectivity index (χ3n) is 4.12. The lowest BCUT2D eigenvalue weighted by atomic mass is 10.1. The molecule has 0 saturated heterocycles. The van der Waals surface area contributed by atoms with Crippen LogP contribution in [0.2, 0.25) is 0 Å². The summed E-state index contributed by atoms with van der Waals surface area (Å²) in [6.45, 7) is 6.30. The first-order valence-electron chi connectivity index (χ1n) is 7.07. The Kier molecular flexibility index (Phi) is 2.85. The number of imidazole rings is 1. The highest BCUT2D eigenvalue weighted by molar-refractivity contribution is 5.87. The Bertz CT molecular complexity index is 681. The van der Waals surface area contributed by atoms with Crippen molar-refractivity contribution in [3.63, 3.8) is 0 Å². The quantitative estimate of drug-likeness (QED) is 0.806. The molecule has 3 rings (SSSR count). The molecule has 1 saturated carbocycles. The van der Waals surface area contributed by atoms with Crippen molar-refractivity contribution in [3.05, 3.63) is 29.6 Å². The fourth-order valence-corrected chi connectivity index (χ4v) is 2.91. The number of carbonyl (C=O) groups is 1. The molecular formula is C16H20N2O2. The molecule has 1 aliphatic rings. The van der Waals surface area contributed by atoms with E-state index in [-0.39, 0.29) is 12.0 Å². The van der Waals surface area contributed by atoms with E-state index in [4.69, 9.17) is 9.72 Å². The summed E-state index contributed by atoms with van der Waals surface area (Å²) in [4.78, 5) is 16.9. The van der Waals surface area contributed by atoms with Crippen molar-refractivity contribution in [2.75, 3.05) is 7.11 Å². The Morgan fingerprint density at radius 3 is 2.65 bits per heavy atom. The molecule has 4 nitrogen and oxygen atoms in total. The molecule has 0 atom stereocenters. The van der Waals surface area contributed by atoms with Crippen molar-refractivity contribution >= 4 is 17.0 Å². The van der Waals surface area contributed by atoms with Gasteiger partial charge in [0, 0.05) is 6.04 Å². The maximum Gasteiger partial charge on any atom is 0.319 e. The van der Waals surface area contributed by atoms with Crippen molar-refractivity contribution in [1.29, 1.82) is 0 Å². The molecule has 1 aromatic heterocycles. The smallest absolute Gasteiger partial charge is 0.319 e. The van der Waals surface area contributed by atoms with E-state index in [2.05, 4.69) is 43.5 Å². The van der Waals surface area contributed by atoms with Crippen LogP contribution < -0.4 is 0 Å². The zero-order valence-corrected chi connectivity index (χ0v) is 12.4. The first-order valence-corrected chi connectivity index (χ1v) is 7.07. The number of aryl methyl sites for hydroxylation is 1. The highest BCUT2D eigenvalue weighted by atomic mass is 16.5. The highest BCUT2D eigenvalue weighted by Crippen LogP contribution is 2.50. The number of ether oxygens (including phenoxy) is 1. The summed E-state index contributed by atoms with van der Waals surface area (Å²) >= 11 is 0. The molecule has 0 aliphatic heterocycles. The number of nitrogens with zero attached hydrogens (tertiary/aromatic N) is 2. The maximum atomic E-state index is 12.1. The van der Waals surface area contributed by atoms with Gasteiger partial charge in [-0.1, -0.05) is 6.07 Å². The van der Waals surface area contributed by atoms with Crippen LogP contribution in [-0.2, 0) is 14.9 Å². The van der Waals surface area contributed by atoms with E-state index in [1.165, 1.54) is 12.7 Å². The zero-order chi connectivity index (χ0) is 14.5. The largest absolute Gasteiger partial charge is 0.468 e. The van der Waals surface area contributed by atoms with Gasteiger partial charge in [0.1, 0.15) is 11.2 Å². The molecule has 1 aromatic carbocycles. The number of benzene rings is 1. The summed E-state index contributed by atoms with van der Waals surface area (Å²) in [5.41, 5.74) is 2.71. The molecule has 2 aromatic rings. The van der Waals surface area contributed by atoms with E-state index >= 15 is 0 Å². The molecule has 0 bridgehead atoms. The van der Waals surface area contributed by atoms with Gasteiger partial charge in [-0.05, 0) is 51.3 Å². The topological polar surface area (TPSA) is 44.1 Å². The molecule has 1 heterocycles. The molecule has 0 N–H and O–H groups in total. The lowest BCUT2D eigenvalue weighted by Crippen LogP contribution is -2.26. The number of aromatic nitrogens is 2. The van der Waals surface area contributed by atoms with Gasteiger partial charge >= 0.3 is 5.97 Å². The normalized spacial score (nSPS) is 16.6. The molecule has 0 amide bonds. The zero-order valence-electron chi connectivity index (χ0n) is 12.4. The molecule has 106 valence electrons. The number of rotatable bonds is 3. The third kappa shape index (κ3) is 1.74. The van der Waals surface area contributed by atoms with Crippen LogP contribution in [0.15, 0.2) is 18.2 Å². The van der Waals surface area contributed by atoms with Gasteiger partial charge in [0.05, 0.1) is 18.1 Å². The SMILES string of the molecule is COC(=O)C1(c2nc3cc(C)ccc3n2C(C)C)CC1. The Morgan fingerprint density at radius 2 is 2.10 bits per heavy atom. The summed E-state index contributed by atoms with van der Waals surface area (Å²) in [5, 5.41) is 0. The summed E-state index contributed by atoms with van der Waals surface area (Å²) in [7, 11) is 1.45. The first kappa shape index (κ1) is 13.2. The number of carbonyl (C=O) groups excluding carboxylic acids is 1. The van der Waals surface area contributed by atoms with Crippen molar-refractivity contribution in [1.82, 2.24) is 9.55 Å². The van der Waals surface area contributed by atoms with E-state index < -0.39 is 5.41 Å². The molecule has 0 spiro atoms. The molecular weight excluding hydrogens is 252 g/mol. The first-order chi connectivity index (χ1) is 9.49. The van der Waals surface area contributed by atoms with Gasteiger partial charge in [0.2, 0.25) is 0 Å². The van der Waals surface area contributed by atoms with Gasteiger partial charge < -0.3 is 9.30 Å². The van der Waals surface area contributed by atoms with E-state index in [0.717, 1.165) is 29.7 Å². The molecule has 1 fully saturated rings. The van der Waals surface area contributed by atoms with E-state index in [0.29, 0.717) is 0 Å².